The number of aryl methyl sites for hydroxylation is 1. The van der Waals surface area contributed by atoms with Gasteiger partial charge in [0.1, 0.15) is 5.82 Å². The Kier molecular flexibility index (Phi) is 5.39. The lowest BCUT2D eigenvalue weighted by Gasteiger charge is -2.37. The lowest BCUT2D eigenvalue weighted by Crippen LogP contribution is -2.33. The molecule has 0 fully saturated rings. The quantitative estimate of drug-likeness (QED) is 0.187. The van der Waals surface area contributed by atoms with E-state index in [2.05, 4.69) is 169 Å². The minimum atomic E-state index is -0.272. The summed E-state index contributed by atoms with van der Waals surface area (Å²) in [6, 6.07) is 52.2. The fourth-order valence-electron chi connectivity index (χ4n) is 9.63. The summed E-state index contributed by atoms with van der Waals surface area (Å²) in [6.07, 6.45) is 9.43. The number of aromatic nitrogens is 2. The molecule has 230 valence electrons. The Morgan fingerprint density at radius 1 is 0.592 bits per heavy atom. The molecule has 1 heterocycles. The van der Waals surface area contributed by atoms with Gasteiger partial charge in [0.05, 0.1) is 16.4 Å². The number of imidazole rings is 1. The third kappa shape index (κ3) is 3.53. The summed E-state index contributed by atoms with van der Waals surface area (Å²) < 4.78 is 2.24. The standard InChI is InChI=1S/C47H32N2/c1-29-48-44-16-8-9-17-45(44)49(29)35-22-18-30(19-23-35)33-20-24-36-34(26-33)21-25-39-40-27-31-10-2-3-11-32(31)28-43(40)47(46(36)39)41-14-6-4-12-37(41)38-13-5-7-15-42(38)47/h2-28,37,41H,1H3. The van der Waals surface area contributed by atoms with Crippen molar-refractivity contribution in [2.75, 3.05) is 0 Å². The normalized spacial score (nSPS) is 19.9. The van der Waals surface area contributed by atoms with Crippen molar-refractivity contribution in [1.29, 1.82) is 0 Å². The largest absolute Gasteiger partial charge is 0.297 e. The topological polar surface area (TPSA) is 17.8 Å². The van der Waals surface area contributed by atoms with Gasteiger partial charge in [0.2, 0.25) is 0 Å². The van der Waals surface area contributed by atoms with Crippen LogP contribution in [0.25, 0.3) is 60.5 Å². The summed E-state index contributed by atoms with van der Waals surface area (Å²) >= 11 is 0. The van der Waals surface area contributed by atoms with Crippen LogP contribution in [0.4, 0.5) is 0 Å². The van der Waals surface area contributed by atoms with Gasteiger partial charge in [-0.1, -0.05) is 121 Å². The smallest absolute Gasteiger partial charge is 0.111 e. The molecule has 3 aliphatic rings. The number of fused-ring (bicyclic) bond motifs is 14. The molecule has 0 N–H and O–H groups in total. The molecule has 1 aromatic heterocycles. The van der Waals surface area contributed by atoms with E-state index in [1.165, 1.54) is 66.1 Å². The van der Waals surface area contributed by atoms with Crippen LogP contribution >= 0.6 is 0 Å². The second-order valence-electron chi connectivity index (χ2n) is 13.9. The number of para-hydroxylation sites is 2. The first-order valence-electron chi connectivity index (χ1n) is 17.3. The molecule has 7 aromatic carbocycles. The Bertz CT molecular complexity index is 2740. The van der Waals surface area contributed by atoms with Gasteiger partial charge < -0.3 is 0 Å². The van der Waals surface area contributed by atoms with Gasteiger partial charge in [0, 0.05) is 17.5 Å². The van der Waals surface area contributed by atoms with E-state index in [1.54, 1.807) is 0 Å². The highest BCUT2D eigenvalue weighted by Crippen LogP contribution is 2.66. The summed E-state index contributed by atoms with van der Waals surface area (Å²) in [5, 5.41) is 5.23. The molecule has 49 heavy (non-hydrogen) atoms. The Morgan fingerprint density at radius 2 is 1.35 bits per heavy atom. The zero-order valence-electron chi connectivity index (χ0n) is 27.1. The van der Waals surface area contributed by atoms with E-state index < -0.39 is 0 Å². The maximum Gasteiger partial charge on any atom is 0.111 e. The fourth-order valence-corrected chi connectivity index (χ4v) is 9.63. The Balaban J connectivity index is 1.12. The van der Waals surface area contributed by atoms with Gasteiger partial charge >= 0.3 is 0 Å². The second kappa shape index (κ2) is 9.78. The van der Waals surface area contributed by atoms with Crippen molar-refractivity contribution in [3.63, 3.8) is 0 Å². The van der Waals surface area contributed by atoms with Crippen LogP contribution in [0.3, 0.4) is 0 Å². The van der Waals surface area contributed by atoms with Crippen LogP contribution in [-0.4, -0.2) is 9.55 Å². The number of hydrogen-bond acceptors (Lipinski definition) is 1. The van der Waals surface area contributed by atoms with Gasteiger partial charge in [-0.05, 0) is 115 Å². The van der Waals surface area contributed by atoms with Crippen molar-refractivity contribution in [2.24, 2.45) is 5.92 Å². The summed E-state index contributed by atoms with van der Waals surface area (Å²) in [7, 11) is 0. The van der Waals surface area contributed by atoms with Crippen LogP contribution in [0.15, 0.2) is 164 Å². The molecule has 11 rings (SSSR count). The molecule has 0 amide bonds. The summed E-state index contributed by atoms with van der Waals surface area (Å²) in [5.41, 5.74) is 14.0. The molecule has 8 aromatic rings. The lowest BCUT2D eigenvalue weighted by atomic mass is 9.64. The van der Waals surface area contributed by atoms with Crippen LogP contribution in [0, 0.1) is 12.8 Å². The molecule has 1 spiro atoms. The molecule has 0 radical (unpaired) electrons. The molecule has 2 heteroatoms. The van der Waals surface area contributed by atoms with Gasteiger partial charge in [-0.2, -0.15) is 0 Å². The van der Waals surface area contributed by atoms with Crippen molar-refractivity contribution in [2.45, 2.75) is 18.3 Å². The number of hydrogen-bond donors (Lipinski definition) is 0. The highest BCUT2D eigenvalue weighted by molar-refractivity contribution is 6.04. The van der Waals surface area contributed by atoms with Crippen molar-refractivity contribution in [3.05, 3.63) is 192 Å². The monoisotopic (exact) mass is 624 g/mol. The minimum Gasteiger partial charge on any atom is -0.297 e. The van der Waals surface area contributed by atoms with Crippen molar-refractivity contribution in [1.82, 2.24) is 9.55 Å². The summed E-state index contributed by atoms with van der Waals surface area (Å²) in [4.78, 5) is 4.79. The maximum absolute atomic E-state index is 4.79. The average Bonchev–Trinajstić information content (AvgIpc) is 3.76. The lowest BCUT2D eigenvalue weighted by molar-refractivity contribution is 0.468. The summed E-state index contributed by atoms with van der Waals surface area (Å²) in [5.74, 6) is 1.64. The number of nitrogens with zero attached hydrogens (tertiary/aromatic N) is 2. The van der Waals surface area contributed by atoms with Gasteiger partial charge in [0.25, 0.3) is 0 Å². The van der Waals surface area contributed by atoms with Crippen LogP contribution in [-0.2, 0) is 5.41 Å². The van der Waals surface area contributed by atoms with Gasteiger partial charge in [0.15, 0.2) is 0 Å². The van der Waals surface area contributed by atoms with Gasteiger partial charge in [-0.25, -0.2) is 4.98 Å². The molecule has 0 saturated heterocycles. The van der Waals surface area contributed by atoms with E-state index in [4.69, 9.17) is 4.98 Å². The predicted octanol–water partition coefficient (Wildman–Crippen LogP) is 11.5. The van der Waals surface area contributed by atoms with Crippen LogP contribution < -0.4 is 0 Å². The van der Waals surface area contributed by atoms with Crippen molar-refractivity contribution < 1.29 is 0 Å². The third-order valence-corrected chi connectivity index (χ3v) is 11.6. The zero-order valence-corrected chi connectivity index (χ0v) is 27.1. The van der Waals surface area contributed by atoms with E-state index in [-0.39, 0.29) is 5.41 Å². The molecule has 3 aliphatic carbocycles. The molecule has 0 aliphatic heterocycles. The van der Waals surface area contributed by atoms with E-state index >= 15 is 0 Å². The Morgan fingerprint density at radius 3 is 2.24 bits per heavy atom. The SMILES string of the molecule is Cc1nc2ccccc2n1-c1ccc(-c2ccc3c4c(ccc3c2)-c2cc3ccccc3cc2C42c3ccccc3C3C=CC=CC32)cc1. The van der Waals surface area contributed by atoms with E-state index in [1.807, 2.05) is 6.07 Å². The Hall–Kier alpha value is -5.99. The first-order valence-corrected chi connectivity index (χ1v) is 17.3. The van der Waals surface area contributed by atoms with E-state index in [0.717, 1.165) is 22.5 Å². The van der Waals surface area contributed by atoms with Gasteiger partial charge in [-0.15, -0.1) is 0 Å². The number of allylic oxidation sites excluding steroid dienone is 4. The fraction of sp³-hybridized carbons (Fsp3) is 0.0851. The first kappa shape index (κ1) is 27.0. The van der Waals surface area contributed by atoms with Crippen molar-refractivity contribution >= 4 is 32.6 Å². The first-order chi connectivity index (χ1) is 24.2. The van der Waals surface area contributed by atoms with E-state index in [9.17, 15) is 0 Å². The molecule has 0 bridgehead atoms. The molecule has 3 unspecified atom stereocenters. The Labute approximate surface area is 285 Å². The number of benzene rings is 7. The van der Waals surface area contributed by atoms with Crippen LogP contribution in [0.5, 0.6) is 0 Å². The molecule has 3 atom stereocenters. The number of rotatable bonds is 2. The van der Waals surface area contributed by atoms with Gasteiger partial charge in [-0.3, -0.25) is 4.57 Å². The molecular weight excluding hydrogens is 593 g/mol. The molecule has 0 saturated carbocycles. The van der Waals surface area contributed by atoms with Crippen molar-refractivity contribution in [3.8, 4) is 27.9 Å². The van der Waals surface area contributed by atoms with Crippen LogP contribution in [0.2, 0.25) is 0 Å². The molecule has 2 nitrogen and oxygen atoms in total. The summed E-state index contributed by atoms with van der Waals surface area (Å²) in [6.45, 7) is 2.08. The third-order valence-electron chi connectivity index (χ3n) is 11.6. The highest BCUT2D eigenvalue weighted by Gasteiger charge is 2.57. The van der Waals surface area contributed by atoms with Crippen LogP contribution in [0.1, 0.15) is 34.0 Å². The second-order valence-corrected chi connectivity index (χ2v) is 13.9. The minimum absolute atomic E-state index is 0.272. The predicted molar refractivity (Wildman–Crippen MR) is 203 cm³/mol. The maximum atomic E-state index is 4.79. The molecular formula is C47H32N2. The highest BCUT2D eigenvalue weighted by atomic mass is 15.1. The zero-order chi connectivity index (χ0) is 32.3. The average molecular weight is 625 g/mol. The van der Waals surface area contributed by atoms with E-state index in [0.29, 0.717) is 11.8 Å².